The van der Waals surface area contributed by atoms with E-state index < -0.39 is 6.04 Å². The summed E-state index contributed by atoms with van der Waals surface area (Å²) in [4.78, 5) is 22.3. The number of nitrogens with zero attached hydrogens (tertiary/aromatic N) is 2. The fourth-order valence-electron chi connectivity index (χ4n) is 1.60. The molecule has 1 radical (unpaired) electrons. The van der Waals surface area contributed by atoms with Gasteiger partial charge >= 0.3 is 0 Å². The molecule has 0 aliphatic carbocycles. The summed E-state index contributed by atoms with van der Waals surface area (Å²) in [5, 5.41) is 3.36. The maximum absolute atomic E-state index is 11.7. The quantitative estimate of drug-likeness (QED) is 0.658. The van der Waals surface area contributed by atoms with Crippen LogP contribution in [0.15, 0.2) is 0 Å². The van der Waals surface area contributed by atoms with Crippen LogP contribution in [0.5, 0.6) is 0 Å². The van der Waals surface area contributed by atoms with Crippen LogP contribution < -0.4 is 0 Å². The number of hydrazine groups is 1. The first-order chi connectivity index (χ1) is 7.20. The van der Waals surface area contributed by atoms with Gasteiger partial charge in [-0.25, -0.2) is 5.01 Å². The standard InChI is InChI=1S/C10H17N2O3/c1-3-10(14)12(9(2)8-13)11-4-6-15-7-5-11/h9H,3-7H2,1-2H3. The Morgan fingerprint density at radius 1 is 1.53 bits per heavy atom. The minimum Gasteiger partial charge on any atom is -0.379 e. The van der Waals surface area contributed by atoms with Gasteiger partial charge in [0.05, 0.1) is 13.2 Å². The third kappa shape index (κ3) is 3.00. The van der Waals surface area contributed by atoms with Crippen molar-refractivity contribution < 1.29 is 14.3 Å². The highest BCUT2D eigenvalue weighted by Crippen LogP contribution is 2.08. The average molecular weight is 213 g/mol. The number of hydrogen-bond donors (Lipinski definition) is 0. The summed E-state index contributed by atoms with van der Waals surface area (Å²) in [5.41, 5.74) is 0. The molecule has 0 bridgehead atoms. The highest BCUT2D eigenvalue weighted by molar-refractivity contribution is 5.79. The van der Waals surface area contributed by atoms with Gasteiger partial charge in [-0.15, -0.1) is 0 Å². The van der Waals surface area contributed by atoms with E-state index >= 15 is 0 Å². The van der Waals surface area contributed by atoms with E-state index in [1.54, 1.807) is 13.8 Å². The zero-order chi connectivity index (χ0) is 11.3. The van der Waals surface area contributed by atoms with Crippen molar-refractivity contribution >= 4 is 12.2 Å². The molecule has 1 saturated heterocycles. The van der Waals surface area contributed by atoms with Gasteiger partial charge in [-0.2, -0.15) is 0 Å². The predicted molar refractivity (Wildman–Crippen MR) is 54.7 cm³/mol. The van der Waals surface area contributed by atoms with Crippen LogP contribution in [0.25, 0.3) is 0 Å². The lowest BCUT2D eigenvalue weighted by Gasteiger charge is -2.38. The molecule has 1 atom stereocenters. The Kier molecular flexibility index (Phi) is 4.71. The molecule has 0 spiro atoms. The van der Waals surface area contributed by atoms with Gasteiger partial charge in [-0.3, -0.25) is 14.6 Å². The van der Waals surface area contributed by atoms with E-state index in [9.17, 15) is 9.59 Å². The van der Waals surface area contributed by atoms with Crippen molar-refractivity contribution in [3.05, 3.63) is 0 Å². The number of amides is 1. The van der Waals surface area contributed by atoms with Gasteiger partial charge < -0.3 is 4.74 Å². The fourth-order valence-corrected chi connectivity index (χ4v) is 1.60. The van der Waals surface area contributed by atoms with Crippen LogP contribution in [-0.4, -0.2) is 54.6 Å². The van der Waals surface area contributed by atoms with Gasteiger partial charge in [0.1, 0.15) is 6.04 Å². The van der Waals surface area contributed by atoms with E-state index in [1.807, 2.05) is 11.3 Å². The van der Waals surface area contributed by atoms with Gasteiger partial charge in [-0.05, 0) is 6.92 Å². The zero-order valence-electron chi connectivity index (χ0n) is 9.23. The molecule has 15 heavy (non-hydrogen) atoms. The van der Waals surface area contributed by atoms with Crippen molar-refractivity contribution in [3.63, 3.8) is 0 Å². The van der Waals surface area contributed by atoms with Crippen LogP contribution in [0.2, 0.25) is 0 Å². The van der Waals surface area contributed by atoms with Crippen molar-refractivity contribution in [1.29, 1.82) is 0 Å². The number of carbonyl (C=O) groups is 1. The molecule has 1 unspecified atom stereocenters. The van der Waals surface area contributed by atoms with Crippen molar-refractivity contribution in [3.8, 4) is 0 Å². The molecule has 0 aromatic rings. The molecule has 5 heteroatoms. The highest BCUT2D eigenvalue weighted by atomic mass is 16.5. The van der Waals surface area contributed by atoms with E-state index in [2.05, 4.69) is 0 Å². The van der Waals surface area contributed by atoms with Crippen molar-refractivity contribution in [1.82, 2.24) is 10.0 Å². The second-order valence-corrected chi connectivity index (χ2v) is 3.45. The monoisotopic (exact) mass is 213 g/mol. The summed E-state index contributed by atoms with van der Waals surface area (Å²) in [5.74, 6) is -0.0484. The first-order valence-electron chi connectivity index (χ1n) is 5.23. The molecular weight excluding hydrogens is 196 g/mol. The molecule has 1 fully saturated rings. The van der Waals surface area contributed by atoms with Crippen LogP contribution in [0.1, 0.15) is 20.3 Å². The Labute approximate surface area is 89.9 Å². The minimum absolute atomic E-state index is 0.0484. The lowest BCUT2D eigenvalue weighted by atomic mass is 10.3. The van der Waals surface area contributed by atoms with Crippen molar-refractivity contribution in [2.45, 2.75) is 26.3 Å². The maximum atomic E-state index is 11.7. The van der Waals surface area contributed by atoms with Gasteiger partial charge in [0, 0.05) is 19.5 Å². The van der Waals surface area contributed by atoms with Crippen molar-refractivity contribution in [2.24, 2.45) is 0 Å². The summed E-state index contributed by atoms with van der Waals surface area (Å²) in [7, 11) is 0. The second kappa shape index (κ2) is 5.82. The van der Waals surface area contributed by atoms with E-state index in [1.165, 1.54) is 5.01 Å². The molecule has 1 aliphatic rings. The molecule has 5 nitrogen and oxygen atoms in total. The Hall–Kier alpha value is -0.940. The number of hydrogen-bond acceptors (Lipinski definition) is 4. The molecule has 1 amide bonds. The first-order valence-corrected chi connectivity index (χ1v) is 5.23. The van der Waals surface area contributed by atoms with Crippen LogP contribution in [-0.2, 0) is 14.3 Å². The maximum Gasteiger partial charge on any atom is 0.237 e. The van der Waals surface area contributed by atoms with E-state index in [-0.39, 0.29) is 5.91 Å². The van der Waals surface area contributed by atoms with Crippen molar-refractivity contribution in [2.75, 3.05) is 26.3 Å². The highest BCUT2D eigenvalue weighted by Gasteiger charge is 2.26. The molecule has 1 heterocycles. The second-order valence-electron chi connectivity index (χ2n) is 3.45. The van der Waals surface area contributed by atoms with Crippen LogP contribution in [0.3, 0.4) is 0 Å². The van der Waals surface area contributed by atoms with E-state index in [0.717, 1.165) is 0 Å². The molecular formula is C10H17N2O3. The Bertz CT molecular complexity index is 227. The Morgan fingerprint density at radius 2 is 2.13 bits per heavy atom. The van der Waals surface area contributed by atoms with E-state index in [0.29, 0.717) is 32.7 Å². The molecule has 1 rings (SSSR count). The smallest absolute Gasteiger partial charge is 0.237 e. The largest absolute Gasteiger partial charge is 0.379 e. The normalized spacial score (nSPS) is 19.6. The van der Waals surface area contributed by atoms with Crippen LogP contribution >= 0.6 is 0 Å². The Morgan fingerprint density at radius 3 is 2.60 bits per heavy atom. The molecule has 1 aliphatic heterocycles. The lowest BCUT2D eigenvalue weighted by Crippen LogP contribution is -2.55. The summed E-state index contributed by atoms with van der Waals surface area (Å²) in [6.07, 6.45) is 2.24. The average Bonchev–Trinajstić information content (AvgIpc) is 2.30. The number of carbonyl (C=O) groups excluding carboxylic acids is 2. The Balaban J connectivity index is 2.69. The third-order valence-corrected chi connectivity index (χ3v) is 2.39. The molecule has 0 aromatic carbocycles. The zero-order valence-corrected chi connectivity index (χ0v) is 9.23. The molecule has 85 valence electrons. The minimum atomic E-state index is -0.518. The molecule has 0 saturated carbocycles. The van der Waals surface area contributed by atoms with Crippen LogP contribution in [0, 0.1) is 0 Å². The topological polar surface area (TPSA) is 49.9 Å². The fraction of sp³-hybridized carbons (Fsp3) is 0.800. The molecule has 0 aromatic heterocycles. The third-order valence-electron chi connectivity index (χ3n) is 2.39. The van der Waals surface area contributed by atoms with Gasteiger partial charge in [-0.1, -0.05) is 6.92 Å². The van der Waals surface area contributed by atoms with E-state index in [4.69, 9.17) is 4.74 Å². The van der Waals surface area contributed by atoms with Crippen LogP contribution in [0.4, 0.5) is 0 Å². The van der Waals surface area contributed by atoms with Gasteiger partial charge in [0.25, 0.3) is 0 Å². The lowest BCUT2D eigenvalue weighted by molar-refractivity contribution is -0.159. The number of morpholine rings is 1. The summed E-state index contributed by atoms with van der Waals surface area (Å²) < 4.78 is 5.20. The summed E-state index contributed by atoms with van der Waals surface area (Å²) in [6, 6.07) is -0.518. The summed E-state index contributed by atoms with van der Waals surface area (Å²) in [6.45, 7) is 5.96. The SMILES string of the molecule is CCC(=O)N(C(C)[C]=O)N1CCOCC1. The number of rotatable bonds is 4. The number of ether oxygens (including phenoxy) is 1. The van der Waals surface area contributed by atoms with Gasteiger partial charge in [0.2, 0.25) is 12.2 Å². The summed E-state index contributed by atoms with van der Waals surface area (Å²) >= 11 is 0. The van der Waals surface area contributed by atoms with Gasteiger partial charge in [0.15, 0.2) is 0 Å². The predicted octanol–water partition coefficient (Wildman–Crippen LogP) is -0.0296. The first kappa shape index (κ1) is 12.1. The molecule has 0 N–H and O–H groups in total.